The highest BCUT2D eigenvalue weighted by atomic mass is 127. The van der Waals surface area contributed by atoms with Gasteiger partial charge in [0.2, 0.25) is 0 Å². The first-order valence-electron chi connectivity index (χ1n) is 6.05. The summed E-state index contributed by atoms with van der Waals surface area (Å²) in [5, 5.41) is 16.6. The third-order valence-electron chi connectivity index (χ3n) is 2.85. The lowest BCUT2D eigenvalue weighted by Crippen LogP contribution is -2.15. The van der Waals surface area contributed by atoms with Crippen LogP contribution in [-0.4, -0.2) is 17.9 Å². The van der Waals surface area contributed by atoms with Gasteiger partial charge in [-0.15, -0.1) is 0 Å². The van der Waals surface area contributed by atoms with Gasteiger partial charge in [-0.05, 0) is 46.9 Å². The Balaban J connectivity index is 2.38. The minimum Gasteiger partial charge on any atom is -0.388 e. The van der Waals surface area contributed by atoms with Gasteiger partial charge in [-0.1, -0.05) is 12.1 Å². The molecule has 2 N–H and O–H groups in total. The van der Waals surface area contributed by atoms with Crippen LogP contribution in [0.3, 0.4) is 0 Å². The molecule has 0 aliphatic heterocycles. The van der Waals surface area contributed by atoms with Crippen molar-refractivity contribution >= 4 is 45.6 Å². The zero-order valence-corrected chi connectivity index (χ0v) is 13.2. The van der Waals surface area contributed by atoms with Crippen LogP contribution in [0.5, 0.6) is 0 Å². The van der Waals surface area contributed by atoms with E-state index in [1.165, 1.54) is 12.1 Å². The lowest BCUT2D eigenvalue weighted by atomic mass is 10.1. The molecule has 2 aromatic rings. The average molecular weight is 397 g/mol. The monoisotopic (exact) mass is 397 g/mol. The molecule has 21 heavy (non-hydrogen) atoms. The number of benzene rings is 2. The Morgan fingerprint density at radius 3 is 2.57 bits per heavy atom. The van der Waals surface area contributed by atoms with Crippen LogP contribution in [0, 0.1) is 13.7 Å². The van der Waals surface area contributed by atoms with Crippen LogP contribution in [0.2, 0.25) is 0 Å². The summed E-state index contributed by atoms with van der Waals surface area (Å²) < 4.78 is 0.857. The smallest absolute Gasteiger partial charge is 0.282 e. The topological polar surface area (TPSA) is 84.3 Å². The third kappa shape index (κ3) is 3.48. The number of anilines is 2. The lowest BCUT2D eigenvalue weighted by molar-refractivity contribution is -0.385. The molecule has 0 saturated heterocycles. The van der Waals surface area contributed by atoms with E-state index >= 15 is 0 Å². The maximum Gasteiger partial charge on any atom is 0.282 e. The van der Waals surface area contributed by atoms with Crippen molar-refractivity contribution in [2.75, 3.05) is 17.7 Å². The van der Waals surface area contributed by atoms with E-state index in [2.05, 4.69) is 33.2 Å². The molecule has 0 unspecified atom stereocenters. The highest BCUT2D eigenvalue weighted by Gasteiger charge is 2.21. The van der Waals surface area contributed by atoms with Crippen molar-refractivity contribution in [2.24, 2.45) is 0 Å². The first kappa shape index (κ1) is 15.2. The maximum atomic E-state index is 12.3. The molecule has 0 saturated carbocycles. The summed E-state index contributed by atoms with van der Waals surface area (Å²) in [7, 11) is 1.68. The van der Waals surface area contributed by atoms with Crippen LogP contribution in [0.15, 0.2) is 42.5 Å². The van der Waals surface area contributed by atoms with E-state index in [1.54, 1.807) is 25.2 Å². The van der Waals surface area contributed by atoms with E-state index in [1.807, 2.05) is 12.1 Å². The first-order valence-corrected chi connectivity index (χ1v) is 7.13. The molecule has 0 fully saturated rings. The SMILES string of the molecule is CNc1ccc([N+](=O)[O-])c(C(=O)Nc2ccccc2I)c1. The Kier molecular flexibility index (Phi) is 4.73. The maximum absolute atomic E-state index is 12.3. The Hall–Kier alpha value is -2.16. The van der Waals surface area contributed by atoms with E-state index in [0.717, 1.165) is 3.57 Å². The van der Waals surface area contributed by atoms with E-state index in [9.17, 15) is 14.9 Å². The molecule has 6 nitrogen and oxygen atoms in total. The standard InChI is InChI=1S/C14H12IN3O3/c1-16-9-6-7-13(18(20)21)10(8-9)14(19)17-12-5-3-2-4-11(12)15/h2-8,16H,1H3,(H,17,19). The number of carbonyl (C=O) groups excluding carboxylic acids is 1. The summed E-state index contributed by atoms with van der Waals surface area (Å²) in [4.78, 5) is 22.8. The van der Waals surface area contributed by atoms with Crippen LogP contribution < -0.4 is 10.6 Å². The number of nitro benzene ring substituents is 1. The number of nitrogens with zero attached hydrogens (tertiary/aromatic N) is 1. The molecule has 0 aliphatic carbocycles. The van der Waals surface area contributed by atoms with E-state index < -0.39 is 10.8 Å². The molecule has 1 amide bonds. The predicted molar refractivity (Wildman–Crippen MR) is 89.8 cm³/mol. The van der Waals surface area contributed by atoms with Crippen LogP contribution in [0.1, 0.15) is 10.4 Å². The number of hydrogen-bond donors (Lipinski definition) is 2. The van der Waals surface area contributed by atoms with Crippen molar-refractivity contribution in [1.29, 1.82) is 0 Å². The summed E-state index contributed by atoms with van der Waals surface area (Å²) in [6, 6.07) is 11.6. The number of nitro groups is 1. The Morgan fingerprint density at radius 1 is 1.24 bits per heavy atom. The Morgan fingerprint density at radius 2 is 1.95 bits per heavy atom. The molecule has 7 heteroatoms. The van der Waals surface area contributed by atoms with E-state index in [-0.39, 0.29) is 11.3 Å². The van der Waals surface area contributed by atoms with Gasteiger partial charge >= 0.3 is 0 Å². The number of carbonyl (C=O) groups is 1. The lowest BCUT2D eigenvalue weighted by Gasteiger charge is -2.09. The van der Waals surface area contributed by atoms with Gasteiger partial charge in [0, 0.05) is 22.4 Å². The zero-order chi connectivity index (χ0) is 15.4. The fraction of sp³-hybridized carbons (Fsp3) is 0.0714. The van der Waals surface area contributed by atoms with Gasteiger partial charge in [-0.25, -0.2) is 0 Å². The number of nitrogens with one attached hydrogen (secondary N) is 2. The van der Waals surface area contributed by atoms with Gasteiger partial charge in [-0.2, -0.15) is 0 Å². The van der Waals surface area contributed by atoms with Crippen molar-refractivity contribution in [3.63, 3.8) is 0 Å². The highest BCUT2D eigenvalue weighted by molar-refractivity contribution is 14.1. The minimum atomic E-state index is -0.565. The van der Waals surface area contributed by atoms with Crippen molar-refractivity contribution < 1.29 is 9.72 Å². The van der Waals surface area contributed by atoms with Crippen molar-refractivity contribution in [3.05, 3.63) is 61.7 Å². The molecule has 0 radical (unpaired) electrons. The fourth-order valence-electron chi connectivity index (χ4n) is 1.78. The van der Waals surface area contributed by atoms with Crippen LogP contribution >= 0.6 is 22.6 Å². The molecule has 0 heterocycles. The molecule has 0 atom stereocenters. The summed E-state index contributed by atoms with van der Waals surface area (Å²) in [6.07, 6.45) is 0. The number of halogens is 1. The molecule has 2 aromatic carbocycles. The quantitative estimate of drug-likeness (QED) is 0.470. The third-order valence-corrected chi connectivity index (χ3v) is 3.79. The average Bonchev–Trinajstić information content (AvgIpc) is 2.48. The van der Waals surface area contributed by atoms with Crippen molar-refractivity contribution in [1.82, 2.24) is 0 Å². The Labute approximate surface area is 134 Å². The number of amides is 1. The molecule has 108 valence electrons. The van der Waals surface area contributed by atoms with Crippen LogP contribution in [0.25, 0.3) is 0 Å². The first-order chi connectivity index (χ1) is 10.0. The molecular weight excluding hydrogens is 385 g/mol. The molecule has 0 aliphatic rings. The van der Waals surface area contributed by atoms with Gasteiger partial charge in [-0.3, -0.25) is 14.9 Å². The molecule has 0 bridgehead atoms. The minimum absolute atomic E-state index is 0.0199. The van der Waals surface area contributed by atoms with Gasteiger partial charge < -0.3 is 10.6 Å². The summed E-state index contributed by atoms with van der Waals surface area (Å²) in [5.74, 6) is -0.511. The van der Waals surface area contributed by atoms with Gasteiger partial charge in [0.1, 0.15) is 5.56 Å². The Bertz CT molecular complexity index is 704. The van der Waals surface area contributed by atoms with Crippen LogP contribution in [0.4, 0.5) is 17.1 Å². The largest absolute Gasteiger partial charge is 0.388 e. The molecule has 2 rings (SSSR count). The zero-order valence-electron chi connectivity index (χ0n) is 11.1. The van der Waals surface area contributed by atoms with E-state index in [4.69, 9.17) is 0 Å². The predicted octanol–water partition coefficient (Wildman–Crippen LogP) is 3.49. The summed E-state index contributed by atoms with van der Waals surface area (Å²) in [5.41, 5.74) is 1.05. The normalized spacial score (nSPS) is 10.0. The summed E-state index contributed by atoms with van der Waals surface area (Å²) >= 11 is 2.09. The van der Waals surface area contributed by atoms with Crippen molar-refractivity contribution in [2.45, 2.75) is 0 Å². The van der Waals surface area contributed by atoms with Gasteiger partial charge in [0.15, 0.2) is 0 Å². The van der Waals surface area contributed by atoms with Gasteiger partial charge in [0.25, 0.3) is 11.6 Å². The molecule has 0 aromatic heterocycles. The molecular formula is C14H12IN3O3. The van der Waals surface area contributed by atoms with Crippen LogP contribution in [-0.2, 0) is 0 Å². The number of hydrogen-bond acceptors (Lipinski definition) is 4. The van der Waals surface area contributed by atoms with Crippen molar-refractivity contribution in [3.8, 4) is 0 Å². The van der Waals surface area contributed by atoms with E-state index in [0.29, 0.717) is 11.4 Å². The molecule has 0 spiro atoms. The number of para-hydroxylation sites is 1. The fourth-order valence-corrected chi connectivity index (χ4v) is 2.31. The second-order valence-corrected chi connectivity index (χ2v) is 5.34. The number of rotatable bonds is 4. The highest BCUT2D eigenvalue weighted by Crippen LogP contribution is 2.25. The van der Waals surface area contributed by atoms with Gasteiger partial charge in [0.05, 0.1) is 10.6 Å². The summed E-state index contributed by atoms with van der Waals surface area (Å²) in [6.45, 7) is 0. The second-order valence-electron chi connectivity index (χ2n) is 4.17. The second kappa shape index (κ2) is 6.53.